The van der Waals surface area contributed by atoms with E-state index in [0.717, 1.165) is 28.9 Å². The first-order valence-electron chi connectivity index (χ1n) is 8.48. The van der Waals surface area contributed by atoms with Crippen LogP contribution in [0.1, 0.15) is 5.56 Å². The van der Waals surface area contributed by atoms with Gasteiger partial charge in [0.1, 0.15) is 0 Å². The molecular weight excluding hydrogens is 360 g/mol. The normalized spacial score (nSPS) is 10.9. The maximum Gasteiger partial charge on any atom is 0.320 e. The molecule has 0 unspecified atom stereocenters. The average molecular weight is 378 g/mol. The third-order valence-corrected chi connectivity index (χ3v) is 4.91. The fourth-order valence-electron chi connectivity index (χ4n) is 2.68. The molecule has 0 aliphatic rings. The third kappa shape index (κ3) is 4.12. The van der Waals surface area contributed by atoms with E-state index in [0.29, 0.717) is 11.9 Å². The van der Waals surface area contributed by atoms with Gasteiger partial charge in [-0.2, -0.15) is 15.0 Å². The van der Waals surface area contributed by atoms with Crippen LogP contribution in [0.4, 0.5) is 17.6 Å². The number of rotatable bonds is 6. The minimum Gasteiger partial charge on any atom is -0.479 e. The Bertz CT molecular complexity index is 1050. The van der Waals surface area contributed by atoms with E-state index in [-0.39, 0.29) is 6.01 Å². The van der Waals surface area contributed by atoms with Gasteiger partial charge in [-0.15, -0.1) is 11.3 Å². The molecule has 0 amide bonds. The number of nitrogens with one attached hydrogen (secondary N) is 1. The van der Waals surface area contributed by atoms with Crippen LogP contribution in [-0.4, -0.2) is 38.6 Å². The van der Waals surface area contributed by atoms with Crippen LogP contribution >= 0.6 is 11.3 Å². The number of thiazole rings is 1. The Hall–Kier alpha value is -3.26. The lowest BCUT2D eigenvalue weighted by Crippen LogP contribution is -2.23. The topological polar surface area (TPSA) is 87.1 Å². The van der Waals surface area contributed by atoms with Gasteiger partial charge in [0.15, 0.2) is 0 Å². The fourth-order valence-corrected chi connectivity index (χ4v) is 3.40. The standard InChI is InChI=1S/C19H18N6OS/c1-25(10-9-13-5-3-2-4-6-13)18-22-17(23-19(26)24-18)21-14-7-8-15-16(11-14)27-12-20-15/h2-8,11-12H,9-10H2,1H3,(H2,21,22,23,24,26). The number of aromatic hydroxyl groups is 1. The van der Waals surface area contributed by atoms with Crippen molar-refractivity contribution in [3.8, 4) is 6.01 Å². The molecule has 7 nitrogen and oxygen atoms in total. The summed E-state index contributed by atoms with van der Waals surface area (Å²) >= 11 is 1.57. The zero-order valence-electron chi connectivity index (χ0n) is 14.7. The van der Waals surface area contributed by atoms with Crippen LogP contribution in [0.5, 0.6) is 6.01 Å². The van der Waals surface area contributed by atoms with E-state index >= 15 is 0 Å². The molecule has 0 bridgehead atoms. The van der Waals surface area contributed by atoms with Crippen LogP contribution in [0.2, 0.25) is 0 Å². The maximum absolute atomic E-state index is 9.91. The summed E-state index contributed by atoms with van der Waals surface area (Å²) in [4.78, 5) is 18.6. The van der Waals surface area contributed by atoms with Gasteiger partial charge in [-0.05, 0) is 30.2 Å². The van der Waals surface area contributed by atoms with Gasteiger partial charge < -0.3 is 15.3 Å². The molecule has 0 aliphatic carbocycles. The second kappa shape index (κ2) is 7.55. The molecule has 0 saturated carbocycles. The van der Waals surface area contributed by atoms with Crippen molar-refractivity contribution in [1.29, 1.82) is 0 Å². The second-order valence-electron chi connectivity index (χ2n) is 6.08. The van der Waals surface area contributed by atoms with Crippen molar-refractivity contribution in [2.75, 3.05) is 23.8 Å². The first-order chi connectivity index (χ1) is 13.2. The van der Waals surface area contributed by atoms with Gasteiger partial charge in [-0.1, -0.05) is 30.3 Å². The molecule has 2 aromatic carbocycles. The molecule has 0 aliphatic heterocycles. The minimum absolute atomic E-state index is 0.299. The summed E-state index contributed by atoms with van der Waals surface area (Å²) in [5, 5.41) is 13.0. The zero-order valence-corrected chi connectivity index (χ0v) is 15.5. The van der Waals surface area contributed by atoms with Gasteiger partial charge in [0.2, 0.25) is 11.9 Å². The molecule has 27 heavy (non-hydrogen) atoms. The van der Waals surface area contributed by atoms with Crippen molar-refractivity contribution in [2.45, 2.75) is 6.42 Å². The number of hydrogen-bond donors (Lipinski definition) is 2. The van der Waals surface area contributed by atoms with E-state index in [1.54, 1.807) is 11.3 Å². The van der Waals surface area contributed by atoms with E-state index in [9.17, 15) is 5.11 Å². The van der Waals surface area contributed by atoms with Gasteiger partial charge in [-0.25, -0.2) is 4.98 Å². The number of hydrogen-bond acceptors (Lipinski definition) is 8. The Kier molecular flexibility index (Phi) is 4.80. The summed E-state index contributed by atoms with van der Waals surface area (Å²) in [6.07, 6.45) is 0.856. The van der Waals surface area contributed by atoms with E-state index in [4.69, 9.17) is 0 Å². The van der Waals surface area contributed by atoms with Crippen molar-refractivity contribution in [3.63, 3.8) is 0 Å². The molecule has 4 rings (SSSR count). The second-order valence-corrected chi connectivity index (χ2v) is 6.96. The number of benzene rings is 2. The van der Waals surface area contributed by atoms with E-state index in [1.165, 1.54) is 5.56 Å². The molecular formula is C19H18N6OS. The zero-order chi connectivity index (χ0) is 18.6. The Morgan fingerprint density at radius 3 is 2.78 bits per heavy atom. The summed E-state index contributed by atoms with van der Waals surface area (Å²) in [5.41, 5.74) is 4.82. The highest BCUT2D eigenvalue weighted by molar-refractivity contribution is 7.16. The van der Waals surface area contributed by atoms with Crippen LogP contribution in [-0.2, 0) is 6.42 Å². The first kappa shape index (κ1) is 17.2. The molecule has 136 valence electrons. The highest BCUT2D eigenvalue weighted by Crippen LogP contribution is 2.24. The van der Waals surface area contributed by atoms with Crippen LogP contribution in [0.15, 0.2) is 54.0 Å². The lowest BCUT2D eigenvalue weighted by Gasteiger charge is -2.17. The molecule has 8 heteroatoms. The van der Waals surface area contributed by atoms with Gasteiger partial charge in [-0.3, -0.25) is 0 Å². The Labute approximate surface area is 160 Å². The first-order valence-corrected chi connectivity index (χ1v) is 9.36. The molecule has 0 saturated heterocycles. The summed E-state index contributed by atoms with van der Waals surface area (Å²) in [5.74, 6) is 0.715. The van der Waals surface area contributed by atoms with E-state index < -0.39 is 0 Å². The molecule has 2 heterocycles. The van der Waals surface area contributed by atoms with Crippen molar-refractivity contribution in [3.05, 3.63) is 59.6 Å². The van der Waals surface area contributed by atoms with Crippen molar-refractivity contribution >= 4 is 39.1 Å². The number of likely N-dealkylation sites (N-methyl/N-ethyl adjacent to an activating group) is 1. The van der Waals surface area contributed by atoms with Crippen LogP contribution in [0, 0.1) is 0 Å². The largest absolute Gasteiger partial charge is 0.479 e. The number of aromatic nitrogens is 4. The lowest BCUT2D eigenvalue weighted by molar-refractivity contribution is 0.429. The van der Waals surface area contributed by atoms with Crippen LogP contribution in [0.3, 0.4) is 0 Å². The summed E-state index contributed by atoms with van der Waals surface area (Å²) in [6, 6.07) is 15.7. The van der Waals surface area contributed by atoms with Crippen molar-refractivity contribution in [2.24, 2.45) is 0 Å². The Balaban J connectivity index is 1.50. The monoisotopic (exact) mass is 378 g/mol. The van der Waals surface area contributed by atoms with Crippen molar-refractivity contribution in [1.82, 2.24) is 19.9 Å². The van der Waals surface area contributed by atoms with Gasteiger partial charge in [0.05, 0.1) is 15.7 Å². The molecule has 0 atom stereocenters. The third-order valence-electron chi connectivity index (χ3n) is 4.12. The number of anilines is 3. The highest BCUT2D eigenvalue weighted by Gasteiger charge is 2.11. The summed E-state index contributed by atoms with van der Waals surface area (Å²) in [6.45, 7) is 0.722. The quantitative estimate of drug-likeness (QED) is 0.530. The van der Waals surface area contributed by atoms with Gasteiger partial charge >= 0.3 is 6.01 Å². The lowest BCUT2D eigenvalue weighted by atomic mass is 10.1. The van der Waals surface area contributed by atoms with Crippen molar-refractivity contribution < 1.29 is 5.11 Å². The van der Waals surface area contributed by atoms with Gasteiger partial charge in [0, 0.05) is 19.3 Å². The Morgan fingerprint density at radius 1 is 1.07 bits per heavy atom. The number of nitrogens with zero attached hydrogens (tertiary/aromatic N) is 5. The van der Waals surface area contributed by atoms with Gasteiger partial charge in [0.25, 0.3) is 0 Å². The summed E-state index contributed by atoms with van der Waals surface area (Å²) < 4.78 is 1.07. The van der Waals surface area contributed by atoms with E-state index in [2.05, 4.69) is 37.4 Å². The molecule has 0 spiro atoms. The predicted molar refractivity (Wildman–Crippen MR) is 108 cm³/mol. The number of fused-ring (bicyclic) bond motifs is 1. The Morgan fingerprint density at radius 2 is 1.93 bits per heavy atom. The molecule has 0 fully saturated rings. The summed E-state index contributed by atoms with van der Waals surface area (Å²) in [7, 11) is 1.89. The maximum atomic E-state index is 9.91. The van der Waals surface area contributed by atoms with Crippen LogP contribution in [0.25, 0.3) is 10.2 Å². The highest BCUT2D eigenvalue weighted by atomic mass is 32.1. The SMILES string of the molecule is CN(CCc1ccccc1)c1nc(O)nc(Nc2ccc3ncsc3c2)n1. The average Bonchev–Trinajstić information content (AvgIpc) is 3.14. The minimum atomic E-state index is -0.312. The fraction of sp³-hybridized carbons (Fsp3) is 0.158. The molecule has 2 N–H and O–H groups in total. The smallest absolute Gasteiger partial charge is 0.320 e. The van der Waals surface area contributed by atoms with Crippen LogP contribution < -0.4 is 10.2 Å². The molecule has 2 aromatic heterocycles. The molecule has 4 aromatic rings. The molecule has 0 radical (unpaired) electrons. The predicted octanol–water partition coefficient (Wildman–Crippen LogP) is 3.61. The van der Waals surface area contributed by atoms with E-state index in [1.807, 2.05) is 53.9 Å².